The Balaban J connectivity index is 2.41. The van der Waals surface area contributed by atoms with Gasteiger partial charge in [-0.05, 0) is 0 Å². The maximum Gasteiger partial charge on any atom is 0.240 e. The Kier molecular flexibility index (Phi) is 3.42. The molecule has 0 aliphatic rings. The third kappa shape index (κ3) is 2.12. The van der Waals surface area contributed by atoms with Gasteiger partial charge in [-0.1, -0.05) is 0 Å². The van der Waals surface area contributed by atoms with Gasteiger partial charge in [0.2, 0.25) is 11.8 Å². The van der Waals surface area contributed by atoms with Gasteiger partial charge >= 0.3 is 0 Å². The maximum absolute atomic E-state index is 6.15. The molecule has 0 saturated heterocycles. The first-order valence-corrected chi connectivity index (χ1v) is 5.34. The van der Waals surface area contributed by atoms with Crippen molar-refractivity contribution in [3.05, 3.63) is 30.1 Å². The van der Waals surface area contributed by atoms with Crippen LogP contribution in [-0.2, 0) is 7.05 Å². The van der Waals surface area contributed by atoms with Crippen LogP contribution in [0.25, 0.3) is 0 Å². The summed E-state index contributed by atoms with van der Waals surface area (Å²) in [6.45, 7) is 0. The summed E-state index contributed by atoms with van der Waals surface area (Å²) in [7, 11) is 4.90. The predicted molar refractivity (Wildman–Crippen MR) is 64.4 cm³/mol. The normalized spacial score (nSPS) is 12.2. The summed E-state index contributed by atoms with van der Waals surface area (Å²) in [6, 6.07) is -0.453. The maximum atomic E-state index is 6.15. The Morgan fingerprint density at radius 2 is 2.06 bits per heavy atom. The monoisotopic (exact) mass is 249 g/mol. The first-order valence-electron chi connectivity index (χ1n) is 5.34. The van der Waals surface area contributed by atoms with Crippen molar-refractivity contribution in [2.45, 2.75) is 6.04 Å². The van der Waals surface area contributed by atoms with Crippen LogP contribution in [0.1, 0.15) is 17.4 Å². The average Bonchev–Trinajstić information content (AvgIpc) is 2.83. The van der Waals surface area contributed by atoms with Crippen molar-refractivity contribution in [2.75, 3.05) is 14.2 Å². The molecule has 1 atom stereocenters. The van der Waals surface area contributed by atoms with Crippen molar-refractivity contribution in [1.29, 1.82) is 0 Å². The lowest BCUT2D eigenvalue weighted by Gasteiger charge is -2.14. The fourth-order valence-electron chi connectivity index (χ4n) is 1.64. The van der Waals surface area contributed by atoms with Crippen LogP contribution in [0.5, 0.6) is 11.8 Å². The average molecular weight is 249 g/mol. The lowest BCUT2D eigenvalue weighted by molar-refractivity contribution is 0.354. The van der Waals surface area contributed by atoms with Gasteiger partial charge in [0, 0.05) is 7.05 Å². The number of nitrogens with two attached hydrogens (primary N) is 1. The summed E-state index contributed by atoms with van der Waals surface area (Å²) >= 11 is 0. The van der Waals surface area contributed by atoms with Gasteiger partial charge in [-0.15, -0.1) is 0 Å². The highest BCUT2D eigenvalue weighted by Crippen LogP contribution is 2.25. The minimum atomic E-state index is -0.453. The first-order chi connectivity index (χ1) is 8.67. The van der Waals surface area contributed by atoms with Crippen LogP contribution in [0.4, 0.5) is 0 Å². The molecule has 0 aliphatic heterocycles. The lowest BCUT2D eigenvalue weighted by Crippen LogP contribution is -2.18. The summed E-state index contributed by atoms with van der Waals surface area (Å²) < 4.78 is 12.0. The Morgan fingerprint density at radius 1 is 1.28 bits per heavy atom. The van der Waals surface area contributed by atoms with Crippen LogP contribution < -0.4 is 15.2 Å². The van der Waals surface area contributed by atoms with E-state index in [0.29, 0.717) is 17.5 Å². The number of hydrogen-bond donors (Lipinski definition) is 1. The van der Waals surface area contributed by atoms with E-state index in [2.05, 4.69) is 15.0 Å². The molecule has 0 radical (unpaired) electrons. The van der Waals surface area contributed by atoms with Crippen LogP contribution in [0.15, 0.2) is 18.7 Å². The molecular formula is C11H15N5O2. The van der Waals surface area contributed by atoms with Crippen LogP contribution in [0.2, 0.25) is 0 Å². The molecule has 2 rings (SSSR count). The number of rotatable bonds is 4. The van der Waals surface area contributed by atoms with Crippen molar-refractivity contribution in [3.8, 4) is 11.8 Å². The smallest absolute Gasteiger partial charge is 0.240 e. The van der Waals surface area contributed by atoms with Crippen LogP contribution in [-0.4, -0.2) is 33.7 Å². The molecular weight excluding hydrogens is 234 g/mol. The largest absolute Gasteiger partial charge is 0.480 e. The Labute approximate surface area is 105 Å². The zero-order valence-electron chi connectivity index (χ0n) is 10.5. The van der Waals surface area contributed by atoms with E-state index in [1.807, 2.05) is 11.6 Å². The fraction of sp³-hybridized carbons (Fsp3) is 0.364. The third-order valence-corrected chi connectivity index (χ3v) is 2.61. The van der Waals surface area contributed by atoms with Gasteiger partial charge in [0.1, 0.15) is 5.69 Å². The van der Waals surface area contributed by atoms with Crippen molar-refractivity contribution >= 4 is 0 Å². The number of methoxy groups -OCH3 is 2. The van der Waals surface area contributed by atoms with E-state index in [4.69, 9.17) is 15.2 Å². The van der Waals surface area contributed by atoms with Gasteiger partial charge in [-0.3, -0.25) is 0 Å². The Hall–Kier alpha value is -2.15. The van der Waals surface area contributed by atoms with Gasteiger partial charge in [-0.25, -0.2) is 9.97 Å². The summed E-state index contributed by atoms with van der Waals surface area (Å²) in [5, 5.41) is 0. The molecule has 0 spiro atoms. The molecule has 2 heterocycles. The van der Waals surface area contributed by atoms with Gasteiger partial charge in [0.25, 0.3) is 0 Å². The number of aryl methyl sites for hydroxylation is 1. The molecule has 7 heteroatoms. The zero-order valence-corrected chi connectivity index (χ0v) is 10.5. The van der Waals surface area contributed by atoms with E-state index < -0.39 is 6.04 Å². The second-order valence-corrected chi connectivity index (χ2v) is 3.71. The molecule has 0 bridgehead atoms. The molecule has 1 unspecified atom stereocenters. The van der Waals surface area contributed by atoms with Crippen LogP contribution in [0.3, 0.4) is 0 Å². The molecule has 2 aromatic heterocycles. The van der Waals surface area contributed by atoms with Gasteiger partial charge < -0.3 is 19.8 Å². The third-order valence-electron chi connectivity index (χ3n) is 2.61. The number of aromatic nitrogens is 4. The highest BCUT2D eigenvalue weighted by Gasteiger charge is 2.20. The zero-order chi connectivity index (χ0) is 13.1. The Morgan fingerprint density at radius 3 is 2.61 bits per heavy atom. The molecule has 0 amide bonds. The molecule has 96 valence electrons. The molecule has 0 fully saturated rings. The second kappa shape index (κ2) is 5.01. The van der Waals surface area contributed by atoms with Crippen molar-refractivity contribution in [1.82, 2.24) is 19.5 Å². The standard InChI is InChI=1S/C11H15N5O2/c1-16-6-13-4-7(16)9(12)10-11(18-3)15-8(17-2)5-14-10/h4-6,9H,12H2,1-3H3. The highest BCUT2D eigenvalue weighted by molar-refractivity contribution is 5.30. The van der Waals surface area contributed by atoms with Gasteiger partial charge in [-0.2, -0.15) is 4.98 Å². The van der Waals surface area contributed by atoms with Gasteiger partial charge in [0.15, 0.2) is 0 Å². The molecule has 18 heavy (non-hydrogen) atoms. The molecule has 0 aromatic carbocycles. The van der Waals surface area contributed by atoms with Crippen LogP contribution >= 0.6 is 0 Å². The topological polar surface area (TPSA) is 88.1 Å². The Bertz CT molecular complexity index is 540. The molecule has 2 aromatic rings. The lowest BCUT2D eigenvalue weighted by atomic mass is 10.1. The number of imidazole rings is 1. The number of nitrogens with zero attached hydrogens (tertiary/aromatic N) is 4. The van der Waals surface area contributed by atoms with Crippen molar-refractivity contribution in [2.24, 2.45) is 12.8 Å². The minimum absolute atomic E-state index is 0.350. The van der Waals surface area contributed by atoms with E-state index in [1.165, 1.54) is 20.4 Å². The number of ether oxygens (including phenoxy) is 2. The minimum Gasteiger partial charge on any atom is -0.480 e. The molecule has 2 N–H and O–H groups in total. The number of hydrogen-bond acceptors (Lipinski definition) is 6. The summed E-state index contributed by atoms with van der Waals surface area (Å²) in [4.78, 5) is 12.4. The summed E-state index contributed by atoms with van der Waals surface area (Å²) in [5.41, 5.74) is 7.52. The van der Waals surface area contributed by atoms with E-state index in [1.54, 1.807) is 12.5 Å². The van der Waals surface area contributed by atoms with E-state index in [-0.39, 0.29) is 0 Å². The summed E-state index contributed by atoms with van der Waals surface area (Å²) in [5.74, 6) is 0.732. The summed E-state index contributed by atoms with van der Waals surface area (Å²) in [6.07, 6.45) is 4.88. The second-order valence-electron chi connectivity index (χ2n) is 3.71. The molecule has 7 nitrogen and oxygen atoms in total. The fourth-order valence-corrected chi connectivity index (χ4v) is 1.64. The quantitative estimate of drug-likeness (QED) is 0.837. The van der Waals surface area contributed by atoms with Gasteiger partial charge in [0.05, 0.1) is 44.7 Å². The SMILES string of the molecule is COc1cnc(C(N)c2cncn2C)c(OC)n1. The van der Waals surface area contributed by atoms with Crippen LogP contribution in [0, 0.1) is 0 Å². The predicted octanol–water partition coefficient (Wildman–Crippen LogP) is 0.275. The molecule has 0 saturated carbocycles. The van der Waals surface area contributed by atoms with Crippen molar-refractivity contribution < 1.29 is 9.47 Å². The van der Waals surface area contributed by atoms with E-state index >= 15 is 0 Å². The van der Waals surface area contributed by atoms with E-state index in [0.717, 1.165) is 5.69 Å². The van der Waals surface area contributed by atoms with Crippen molar-refractivity contribution in [3.63, 3.8) is 0 Å². The molecule has 0 aliphatic carbocycles. The first kappa shape index (κ1) is 12.3. The highest BCUT2D eigenvalue weighted by atomic mass is 16.5. The van der Waals surface area contributed by atoms with E-state index in [9.17, 15) is 0 Å².